The Hall–Kier alpha value is -0.940. The van der Waals surface area contributed by atoms with Crippen LogP contribution >= 0.6 is 24.4 Å². The summed E-state index contributed by atoms with van der Waals surface area (Å²) in [7, 11) is 1.96. The maximum atomic E-state index is 4.43. The zero-order valence-electron chi connectivity index (χ0n) is 9.65. The number of rotatable bonds is 5. The molecule has 0 aliphatic carbocycles. The Morgan fingerprint density at radius 3 is 2.71 bits per heavy atom. The number of hydrogen-bond donors (Lipinski definition) is 1. The van der Waals surface area contributed by atoms with E-state index in [9.17, 15) is 0 Å². The van der Waals surface area contributed by atoms with Gasteiger partial charge in [0.15, 0.2) is 5.16 Å². The smallest absolute Gasteiger partial charge is 0.190 e. The molecule has 1 heterocycles. The molecule has 1 aromatic heterocycles. The van der Waals surface area contributed by atoms with Crippen LogP contribution in [0.3, 0.4) is 0 Å². The molecule has 0 fully saturated rings. The molecule has 90 valence electrons. The van der Waals surface area contributed by atoms with E-state index in [2.05, 4.69) is 47.1 Å². The van der Waals surface area contributed by atoms with E-state index in [4.69, 9.17) is 0 Å². The lowest BCUT2D eigenvalue weighted by molar-refractivity contribution is 0.784. The first-order chi connectivity index (χ1) is 8.31. The van der Waals surface area contributed by atoms with Gasteiger partial charge < -0.3 is 4.57 Å². The monoisotopic (exact) mass is 265 g/mol. The van der Waals surface area contributed by atoms with Gasteiger partial charge in [-0.3, -0.25) is 0 Å². The van der Waals surface area contributed by atoms with Crippen molar-refractivity contribution < 1.29 is 0 Å². The number of hydrogen-bond acceptors (Lipinski definition) is 4. The van der Waals surface area contributed by atoms with Gasteiger partial charge in [0.2, 0.25) is 0 Å². The first-order valence-electron chi connectivity index (χ1n) is 5.44. The van der Waals surface area contributed by atoms with E-state index in [0.29, 0.717) is 5.92 Å². The van der Waals surface area contributed by atoms with Gasteiger partial charge in [-0.25, -0.2) is 0 Å². The van der Waals surface area contributed by atoms with Crippen molar-refractivity contribution in [2.45, 2.75) is 11.1 Å². The van der Waals surface area contributed by atoms with Crippen molar-refractivity contribution in [2.24, 2.45) is 7.05 Å². The molecule has 1 aromatic carbocycles. The average molecular weight is 265 g/mol. The van der Waals surface area contributed by atoms with Crippen molar-refractivity contribution in [3.63, 3.8) is 0 Å². The molecular formula is C12H15N3S2. The van der Waals surface area contributed by atoms with E-state index in [0.717, 1.165) is 16.7 Å². The van der Waals surface area contributed by atoms with E-state index in [-0.39, 0.29) is 0 Å². The summed E-state index contributed by atoms with van der Waals surface area (Å²) in [5.41, 5.74) is 1.33. The second kappa shape index (κ2) is 6.12. The largest absolute Gasteiger partial charge is 0.312 e. The Morgan fingerprint density at radius 1 is 1.35 bits per heavy atom. The molecule has 0 saturated heterocycles. The molecular weight excluding hydrogens is 250 g/mol. The summed E-state index contributed by atoms with van der Waals surface area (Å²) in [6.45, 7) is 0. The topological polar surface area (TPSA) is 30.7 Å². The summed E-state index contributed by atoms with van der Waals surface area (Å²) in [5, 5.41) is 8.89. The first-order valence-corrected chi connectivity index (χ1v) is 7.05. The lowest BCUT2D eigenvalue weighted by Crippen LogP contribution is -2.04. The lowest BCUT2D eigenvalue weighted by atomic mass is 10.0. The number of aromatic nitrogens is 3. The van der Waals surface area contributed by atoms with Crippen LogP contribution < -0.4 is 0 Å². The third-order valence-corrected chi connectivity index (χ3v) is 4.21. The van der Waals surface area contributed by atoms with E-state index in [1.54, 1.807) is 18.1 Å². The summed E-state index contributed by atoms with van der Waals surface area (Å²) in [6, 6.07) is 10.5. The fourth-order valence-electron chi connectivity index (χ4n) is 1.56. The Labute approximate surface area is 111 Å². The molecule has 0 N–H and O–H groups in total. The fourth-order valence-corrected chi connectivity index (χ4v) is 3.09. The van der Waals surface area contributed by atoms with Crippen LogP contribution in [0.15, 0.2) is 41.8 Å². The molecule has 1 atom stereocenters. The van der Waals surface area contributed by atoms with E-state index < -0.39 is 0 Å². The summed E-state index contributed by atoms with van der Waals surface area (Å²) >= 11 is 6.15. The Bertz CT molecular complexity index is 456. The zero-order chi connectivity index (χ0) is 12.1. The van der Waals surface area contributed by atoms with Crippen LogP contribution in [0.1, 0.15) is 11.5 Å². The van der Waals surface area contributed by atoms with Crippen molar-refractivity contribution in [3.05, 3.63) is 42.2 Å². The van der Waals surface area contributed by atoms with E-state index in [1.165, 1.54) is 5.56 Å². The van der Waals surface area contributed by atoms with Gasteiger partial charge >= 0.3 is 0 Å². The summed E-state index contributed by atoms with van der Waals surface area (Å²) in [4.78, 5) is 0. The quantitative estimate of drug-likeness (QED) is 0.666. The standard InChI is InChI=1S/C12H15N3S2/c1-15-9-13-14-12(15)17-8-11(7-16)10-5-3-2-4-6-10/h2-6,9,11,16H,7-8H2,1H3. The van der Waals surface area contributed by atoms with Crippen LogP contribution in [0.4, 0.5) is 0 Å². The van der Waals surface area contributed by atoms with Crippen molar-refractivity contribution in [1.82, 2.24) is 14.8 Å². The third-order valence-electron chi connectivity index (χ3n) is 2.57. The molecule has 0 amide bonds. The molecule has 5 heteroatoms. The number of aryl methyl sites for hydroxylation is 1. The number of thioether (sulfide) groups is 1. The molecule has 17 heavy (non-hydrogen) atoms. The molecule has 0 radical (unpaired) electrons. The molecule has 0 spiro atoms. The molecule has 2 aromatic rings. The van der Waals surface area contributed by atoms with Crippen molar-refractivity contribution in [3.8, 4) is 0 Å². The van der Waals surface area contributed by atoms with Gasteiger partial charge in [-0.2, -0.15) is 12.6 Å². The normalized spacial score (nSPS) is 12.6. The molecule has 1 unspecified atom stereocenters. The van der Waals surface area contributed by atoms with E-state index >= 15 is 0 Å². The van der Waals surface area contributed by atoms with Crippen LogP contribution in [-0.2, 0) is 7.05 Å². The fraction of sp³-hybridized carbons (Fsp3) is 0.333. The highest BCUT2D eigenvalue weighted by Gasteiger charge is 2.11. The highest BCUT2D eigenvalue weighted by molar-refractivity contribution is 7.99. The van der Waals surface area contributed by atoms with E-state index in [1.807, 2.05) is 17.7 Å². The highest BCUT2D eigenvalue weighted by atomic mass is 32.2. The predicted molar refractivity (Wildman–Crippen MR) is 74.8 cm³/mol. The van der Waals surface area contributed by atoms with Gasteiger partial charge in [0.1, 0.15) is 6.33 Å². The van der Waals surface area contributed by atoms with Crippen LogP contribution in [0, 0.1) is 0 Å². The SMILES string of the molecule is Cn1cnnc1SCC(CS)c1ccccc1. The van der Waals surface area contributed by atoms with Gasteiger partial charge in [-0.15, -0.1) is 10.2 Å². The minimum atomic E-state index is 0.446. The zero-order valence-corrected chi connectivity index (χ0v) is 11.4. The second-order valence-corrected chi connectivity index (χ2v) is 5.18. The maximum absolute atomic E-state index is 4.43. The predicted octanol–water partition coefficient (Wildman–Crippen LogP) is 2.62. The van der Waals surface area contributed by atoms with Gasteiger partial charge in [0.25, 0.3) is 0 Å². The first kappa shape index (κ1) is 12.5. The van der Waals surface area contributed by atoms with Crippen LogP contribution in [0.2, 0.25) is 0 Å². The second-order valence-electron chi connectivity index (χ2n) is 3.83. The minimum Gasteiger partial charge on any atom is -0.312 e. The van der Waals surface area contributed by atoms with Crippen LogP contribution in [-0.4, -0.2) is 26.3 Å². The minimum absolute atomic E-state index is 0.446. The Balaban J connectivity index is 1.99. The van der Waals surface area contributed by atoms with Crippen molar-refractivity contribution >= 4 is 24.4 Å². The highest BCUT2D eigenvalue weighted by Crippen LogP contribution is 2.25. The molecule has 3 nitrogen and oxygen atoms in total. The van der Waals surface area contributed by atoms with Gasteiger partial charge in [0.05, 0.1) is 0 Å². The number of nitrogens with zero attached hydrogens (tertiary/aromatic N) is 3. The summed E-state index contributed by atoms with van der Waals surface area (Å²) in [6.07, 6.45) is 1.72. The van der Waals surface area contributed by atoms with Crippen LogP contribution in [0.25, 0.3) is 0 Å². The molecule has 0 aliphatic heterocycles. The lowest BCUT2D eigenvalue weighted by Gasteiger charge is -2.13. The van der Waals surface area contributed by atoms with Crippen molar-refractivity contribution in [2.75, 3.05) is 11.5 Å². The average Bonchev–Trinajstić information content (AvgIpc) is 2.77. The Kier molecular flexibility index (Phi) is 4.50. The third kappa shape index (κ3) is 3.26. The molecule has 0 bridgehead atoms. The maximum Gasteiger partial charge on any atom is 0.190 e. The van der Waals surface area contributed by atoms with Crippen LogP contribution in [0.5, 0.6) is 0 Å². The van der Waals surface area contributed by atoms with Gasteiger partial charge in [0, 0.05) is 18.7 Å². The molecule has 2 rings (SSSR count). The number of benzene rings is 1. The Morgan fingerprint density at radius 2 is 2.12 bits per heavy atom. The summed E-state index contributed by atoms with van der Waals surface area (Å²) in [5.74, 6) is 2.26. The molecule has 0 saturated carbocycles. The van der Waals surface area contributed by atoms with Crippen molar-refractivity contribution in [1.29, 1.82) is 0 Å². The van der Waals surface area contributed by atoms with Gasteiger partial charge in [-0.05, 0) is 11.3 Å². The summed E-state index contributed by atoms with van der Waals surface area (Å²) < 4.78 is 1.94. The van der Waals surface area contributed by atoms with Gasteiger partial charge in [-0.1, -0.05) is 42.1 Å². The molecule has 0 aliphatic rings. The number of thiol groups is 1.